The van der Waals surface area contributed by atoms with Crippen LogP contribution in [0.1, 0.15) is 68.0 Å². The fourth-order valence-corrected chi connectivity index (χ4v) is 5.69. The van der Waals surface area contributed by atoms with Crippen molar-refractivity contribution >= 4 is 18.3 Å². The maximum atomic E-state index is 12.8. The van der Waals surface area contributed by atoms with E-state index in [9.17, 15) is 14.4 Å². The van der Waals surface area contributed by atoms with Crippen molar-refractivity contribution in [1.29, 1.82) is 0 Å². The molecule has 4 aromatic carbocycles. The minimum absolute atomic E-state index is 0.181. The summed E-state index contributed by atoms with van der Waals surface area (Å²) in [6, 6.07) is 30.8. The van der Waals surface area contributed by atoms with Gasteiger partial charge in [0.25, 0.3) is 0 Å². The van der Waals surface area contributed by atoms with E-state index in [1.807, 2.05) is 94.5 Å². The largest absolute Gasteiger partial charge is 0.497 e. The summed E-state index contributed by atoms with van der Waals surface area (Å²) in [5.74, 6) is 2.64. The Morgan fingerprint density at radius 2 is 1.04 bits per heavy atom. The predicted molar refractivity (Wildman–Crippen MR) is 223 cm³/mol. The Hall–Kier alpha value is -5.75. The third-order valence-electron chi connectivity index (χ3n) is 8.89. The molecule has 12 heteroatoms. The summed E-state index contributed by atoms with van der Waals surface area (Å²) >= 11 is 0. The highest BCUT2D eigenvalue weighted by Crippen LogP contribution is 2.30. The number of benzene rings is 4. The molecule has 0 bridgehead atoms. The van der Waals surface area contributed by atoms with Crippen LogP contribution in [0.3, 0.4) is 0 Å². The first-order valence-corrected chi connectivity index (χ1v) is 18.9. The number of aryl methyl sites for hydroxylation is 2. The molecule has 0 aliphatic carbocycles. The fourth-order valence-electron chi connectivity index (χ4n) is 5.69. The lowest BCUT2D eigenvalue weighted by atomic mass is 9.97. The zero-order chi connectivity index (χ0) is 42.1. The Bertz CT molecular complexity index is 1860. The number of hydrogen-bond donors (Lipinski definition) is 1. The summed E-state index contributed by atoms with van der Waals surface area (Å²) < 4.78 is 26.8. The first kappa shape index (κ1) is 45.6. The van der Waals surface area contributed by atoms with Crippen LogP contribution in [0, 0.1) is 0 Å². The van der Waals surface area contributed by atoms with Crippen molar-refractivity contribution in [2.24, 2.45) is 0 Å². The molecule has 0 saturated heterocycles. The van der Waals surface area contributed by atoms with E-state index in [4.69, 9.17) is 23.7 Å². The van der Waals surface area contributed by atoms with Crippen molar-refractivity contribution in [3.8, 4) is 23.0 Å². The second-order valence-corrected chi connectivity index (χ2v) is 14.9. The number of nitrogens with one attached hydrogen (secondary N) is 1. The van der Waals surface area contributed by atoms with E-state index in [0.29, 0.717) is 17.9 Å². The van der Waals surface area contributed by atoms with Gasteiger partial charge in [-0.05, 0) is 124 Å². The number of rotatable bonds is 14. The smallest absolute Gasteiger partial charge is 0.414 e. The Balaban J connectivity index is 0.000000315. The topological polar surface area (TPSA) is 119 Å². The van der Waals surface area contributed by atoms with Crippen LogP contribution in [0.5, 0.6) is 23.0 Å². The molecule has 0 spiro atoms. The molecule has 57 heavy (non-hydrogen) atoms. The quantitative estimate of drug-likeness (QED) is 0.134. The maximum Gasteiger partial charge on any atom is 0.414 e. The molecule has 308 valence electrons. The van der Waals surface area contributed by atoms with E-state index in [1.165, 1.54) is 15.4 Å². The SMILES string of the molecule is CNC(CCc1ccc(OC)cc1)c1cccc(OC(=O)N(C)C)c1.COc1ccc(CCC(c2cccc(OC(=O)N(C)C)c2)N(C)C(=O)OC(C)(C)C)cc1. The highest BCUT2D eigenvalue weighted by molar-refractivity contribution is 5.71. The van der Waals surface area contributed by atoms with Gasteiger partial charge in [0.05, 0.1) is 20.3 Å². The molecular weight excluding hydrogens is 725 g/mol. The van der Waals surface area contributed by atoms with Gasteiger partial charge in [0.2, 0.25) is 0 Å². The second-order valence-electron chi connectivity index (χ2n) is 14.9. The molecular formula is C45H60N4O8. The Morgan fingerprint density at radius 1 is 0.596 bits per heavy atom. The second kappa shape index (κ2) is 22.1. The third-order valence-corrected chi connectivity index (χ3v) is 8.89. The lowest BCUT2D eigenvalue weighted by Crippen LogP contribution is -2.37. The molecule has 3 amide bonds. The summed E-state index contributed by atoms with van der Waals surface area (Å²) in [6.07, 6.45) is 2.03. The molecule has 2 atom stereocenters. The summed E-state index contributed by atoms with van der Waals surface area (Å²) in [5, 5.41) is 3.34. The van der Waals surface area contributed by atoms with Gasteiger partial charge in [0.1, 0.15) is 28.6 Å². The lowest BCUT2D eigenvalue weighted by molar-refractivity contribution is 0.0211. The molecule has 0 saturated carbocycles. The molecule has 4 rings (SSSR count). The van der Waals surface area contributed by atoms with Crippen LogP contribution in [-0.4, -0.2) is 95.1 Å². The standard InChI is InChI=1S/C25H34N2O5.C20H26N2O3/c1-25(2,3)32-24(29)27(6)22(16-13-18-11-14-20(30-7)15-12-18)19-9-8-10-21(17-19)31-23(28)26(4)5;1-21-19(13-10-15-8-11-17(24-4)12-9-15)16-6-5-7-18(14-16)25-20(23)22(2)3/h8-12,14-15,17,22H,13,16H2,1-7H3;5-9,11-12,14,19,21H,10,13H2,1-4H3. The van der Waals surface area contributed by atoms with Crippen molar-refractivity contribution in [1.82, 2.24) is 20.0 Å². The average molecular weight is 785 g/mol. The number of hydrogen-bond acceptors (Lipinski definition) is 9. The molecule has 2 unspecified atom stereocenters. The number of carbonyl (C=O) groups excluding carboxylic acids is 3. The van der Waals surface area contributed by atoms with Crippen molar-refractivity contribution in [2.75, 3.05) is 56.5 Å². The van der Waals surface area contributed by atoms with Crippen LogP contribution in [0.2, 0.25) is 0 Å². The summed E-state index contributed by atoms with van der Waals surface area (Å²) in [7, 11) is 13.6. The van der Waals surface area contributed by atoms with E-state index in [-0.39, 0.29) is 18.2 Å². The third kappa shape index (κ3) is 15.4. The van der Waals surface area contributed by atoms with Crippen LogP contribution in [0.4, 0.5) is 14.4 Å². The summed E-state index contributed by atoms with van der Waals surface area (Å²) in [4.78, 5) is 40.9. The molecule has 0 fully saturated rings. The minimum Gasteiger partial charge on any atom is -0.497 e. The van der Waals surface area contributed by atoms with Crippen LogP contribution < -0.4 is 24.3 Å². The van der Waals surface area contributed by atoms with Crippen molar-refractivity contribution in [2.45, 2.75) is 64.1 Å². The van der Waals surface area contributed by atoms with E-state index in [1.54, 1.807) is 72.6 Å². The van der Waals surface area contributed by atoms with Gasteiger partial charge in [-0.3, -0.25) is 0 Å². The van der Waals surface area contributed by atoms with Crippen LogP contribution in [0.25, 0.3) is 0 Å². The van der Waals surface area contributed by atoms with E-state index >= 15 is 0 Å². The average Bonchev–Trinajstić information content (AvgIpc) is 3.18. The highest BCUT2D eigenvalue weighted by Gasteiger charge is 2.27. The van der Waals surface area contributed by atoms with Crippen molar-refractivity contribution in [3.05, 3.63) is 119 Å². The number of ether oxygens (including phenoxy) is 5. The Kier molecular flexibility index (Phi) is 17.7. The zero-order valence-electron chi connectivity index (χ0n) is 35.3. The maximum absolute atomic E-state index is 12.8. The van der Waals surface area contributed by atoms with Gasteiger partial charge in [-0.15, -0.1) is 0 Å². The minimum atomic E-state index is -0.602. The van der Waals surface area contributed by atoms with Crippen LogP contribution >= 0.6 is 0 Å². The number of methoxy groups -OCH3 is 2. The van der Waals surface area contributed by atoms with Gasteiger partial charge < -0.3 is 43.7 Å². The summed E-state index contributed by atoms with van der Waals surface area (Å²) in [5.41, 5.74) is 3.74. The number of amides is 3. The van der Waals surface area contributed by atoms with Crippen LogP contribution in [0.15, 0.2) is 97.1 Å². The summed E-state index contributed by atoms with van der Waals surface area (Å²) in [6.45, 7) is 5.52. The molecule has 4 aromatic rings. The molecule has 0 heterocycles. The van der Waals surface area contributed by atoms with E-state index in [2.05, 4.69) is 17.4 Å². The molecule has 0 radical (unpaired) electrons. The van der Waals surface area contributed by atoms with Crippen LogP contribution in [-0.2, 0) is 17.6 Å². The number of nitrogens with zero attached hydrogens (tertiary/aromatic N) is 3. The van der Waals surface area contributed by atoms with Gasteiger partial charge in [-0.25, -0.2) is 14.4 Å². The molecule has 0 aliphatic heterocycles. The Morgan fingerprint density at radius 3 is 1.46 bits per heavy atom. The monoisotopic (exact) mass is 784 g/mol. The molecule has 0 aliphatic rings. The molecule has 1 N–H and O–H groups in total. The number of carbonyl (C=O) groups is 3. The first-order chi connectivity index (χ1) is 27.0. The van der Waals surface area contributed by atoms with Gasteiger partial charge in [0, 0.05) is 41.3 Å². The zero-order valence-corrected chi connectivity index (χ0v) is 35.3. The molecule has 0 aromatic heterocycles. The van der Waals surface area contributed by atoms with Gasteiger partial charge in [-0.1, -0.05) is 48.5 Å². The fraction of sp³-hybridized carbons (Fsp3) is 0.400. The van der Waals surface area contributed by atoms with Crippen molar-refractivity contribution < 1.29 is 38.1 Å². The molecule has 12 nitrogen and oxygen atoms in total. The van der Waals surface area contributed by atoms with Gasteiger partial charge in [-0.2, -0.15) is 0 Å². The first-order valence-electron chi connectivity index (χ1n) is 18.9. The van der Waals surface area contributed by atoms with E-state index < -0.39 is 17.8 Å². The lowest BCUT2D eigenvalue weighted by Gasteiger charge is -2.31. The van der Waals surface area contributed by atoms with Gasteiger partial charge >= 0.3 is 18.3 Å². The van der Waals surface area contributed by atoms with E-state index in [0.717, 1.165) is 47.5 Å². The highest BCUT2D eigenvalue weighted by atomic mass is 16.6. The predicted octanol–water partition coefficient (Wildman–Crippen LogP) is 8.95. The Labute approximate surface area is 338 Å². The van der Waals surface area contributed by atoms with Gasteiger partial charge in [0.15, 0.2) is 0 Å². The van der Waals surface area contributed by atoms with Crippen molar-refractivity contribution in [3.63, 3.8) is 0 Å². The normalized spacial score (nSPS) is 11.8.